The molecule has 1 aliphatic carbocycles. The Bertz CT molecular complexity index is 649. The molecule has 1 aliphatic rings. The van der Waals surface area contributed by atoms with Crippen molar-refractivity contribution in [1.82, 2.24) is 0 Å². The second-order valence-electron chi connectivity index (χ2n) is 6.45. The summed E-state index contributed by atoms with van der Waals surface area (Å²) in [7, 11) is -3.73. The molecule has 1 fully saturated rings. The fraction of sp³-hybridized carbons (Fsp3) is 0.750. The molecular formula is C16H23F3O7S. The van der Waals surface area contributed by atoms with Crippen LogP contribution in [0.5, 0.6) is 0 Å². The first kappa shape index (κ1) is 23.4. The standard InChI is InChI=1S/C16H23F3O7S/c1-10(2)14(20)25-8-11-4-6-12(7-5-11)15(21)26-13(16(17,18)19)9-27(22,23)24-3/h11-13H,1,4-9H2,2-3H3. The lowest BCUT2D eigenvalue weighted by molar-refractivity contribution is -0.218. The Morgan fingerprint density at radius 1 is 1.19 bits per heavy atom. The molecule has 7 nitrogen and oxygen atoms in total. The van der Waals surface area contributed by atoms with Gasteiger partial charge < -0.3 is 9.47 Å². The predicted molar refractivity (Wildman–Crippen MR) is 88.0 cm³/mol. The Morgan fingerprint density at radius 2 is 1.74 bits per heavy atom. The van der Waals surface area contributed by atoms with Gasteiger partial charge in [-0.15, -0.1) is 0 Å². The molecule has 1 saturated carbocycles. The second kappa shape index (κ2) is 9.54. The van der Waals surface area contributed by atoms with Gasteiger partial charge in [0.1, 0.15) is 5.75 Å². The molecule has 0 radical (unpaired) electrons. The summed E-state index contributed by atoms with van der Waals surface area (Å²) in [5, 5.41) is 0. The van der Waals surface area contributed by atoms with E-state index in [0.717, 1.165) is 7.11 Å². The zero-order chi connectivity index (χ0) is 20.8. The number of carbonyl (C=O) groups is 2. The number of hydrogen-bond acceptors (Lipinski definition) is 7. The van der Waals surface area contributed by atoms with Crippen LogP contribution in [-0.4, -0.2) is 52.1 Å². The fourth-order valence-electron chi connectivity index (χ4n) is 2.57. The molecule has 0 N–H and O–H groups in total. The quantitative estimate of drug-likeness (QED) is 0.340. The first-order valence-corrected chi connectivity index (χ1v) is 9.81. The third-order valence-electron chi connectivity index (χ3n) is 4.21. The van der Waals surface area contributed by atoms with E-state index in [9.17, 15) is 31.2 Å². The molecule has 11 heteroatoms. The van der Waals surface area contributed by atoms with Crippen molar-refractivity contribution in [1.29, 1.82) is 0 Å². The van der Waals surface area contributed by atoms with Crippen LogP contribution in [0.15, 0.2) is 12.2 Å². The highest BCUT2D eigenvalue weighted by atomic mass is 32.2. The lowest BCUT2D eigenvalue weighted by Crippen LogP contribution is -2.41. The Morgan fingerprint density at radius 3 is 2.19 bits per heavy atom. The summed E-state index contributed by atoms with van der Waals surface area (Å²) in [6.45, 7) is 5.11. The summed E-state index contributed by atoms with van der Waals surface area (Å²) in [5.74, 6) is -3.90. The zero-order valence-corrected chi connectivity index (χ0v) is 15.9. The van der Waals surface area contributed by atoms with Gasteiger partial charge in [-0.25, -0.2) is 4.79 Å². The number of rotatable bonds is 8. The van der Waals surface area contributed by atoms with E-state index in [4.69, 9.17) is 4.74 Å². The molecule has 0 aromatic rings. The number of esters is 2. The largest absolute Gasteiger partial charge is 0.462 e. The maximum Gasteiger partial charge on any atom is 0.426 e. The molecule has 0 heterocycles. The number of ether oxygens (including phenoxy) is 2. The third-order valence-corrected chi connectivity index (χ3v) is 5.43. The van der Waals surface area contributed by atoms with Crippen molar-refractivity contribution in [3.8, 4) is 0 Å². The van der Waals surface area contributed by atoms with Crippen LogP contribution in [0.4, 0.5) is 13.2 Å². The van der Waals surface area contributed by atoms with Crippen LogP contribution in [0.3, 0.4) is 0 Å². The molecule has 27 heavy (non-hydrogen) atoms. The average molecular weight is 416 g/mol. The zero-order valence-electron chi connectivity index (χ0n) is 15.1. The molecule has 0 bridgehead atoms. The van der Waals surface area contributed by atoms with E-state index in [-0.39, 0.29) is 30.9 Å². The van der Waals surface area contributed by atoms with Gasteiger partial charge in [0.25, 0.3) is 10.1 Å². The van der Waals surface area contributed by atoms with Crippen molar-refractivity contribution in [2.75, 3.05) is 19.5 Å². The molecular weight excluding hydrogens is 393 g/mol. The van der Waals surface area contributed by atoms with Gasteiger partial charge in [-0.2, -0.15) is 21.6 Å². The van der Waals surface area contributed by atoms with Gasteiger partial charge in [-0.1, -0.05) is 6.58 Å². The molecule has 0 spiro atoms. The van der Waals surface area contributed by atoms with Gasteiger partial charge in [0.05, 0.1) is 19.6 Å². The van der Waals surface area contributed by atoms with Crippen LogP contribution in [0, 0.1) is 11.8 Å². The first-order chi connectivity index (χ1) is 12.4. The SMILES string of the molecule is C=C(C)C(=O)OCC1CCC(C(=O)OC(CS(=O)(=O)OC)C(F)(F)F)CC1. The van der Waals surface area contributed by atoms with Gasteiger partial charge in [0, 0.05) is 5.57 Å². The van der Waals surface area contributed by atoms with Crippen molar-refractivity contribution in [2.24, 2.45) is 11.8 Å². The molecule has 0 aromatic heterocycles. The van der Waals surface area contributed by atoms with E-state index in [1.807, 2.05) is 0 Å². The third kappa shape index (κ3) is 7.87. The van der Waals surface area contributed by atoms with Crippen LogP contribution < -0.4 is 0 Å². The van der Waals surface area contributed by atoms with Gasteiger partial charge in [-0.05, 0) is 38.5 Å². The number of carbonyl (C=O) groups excluding carboxylic acids is 2. The molecule has 1 atom stereocenters. The van der Waals surface area contributed by atoms with Crippen LogP contribution in [0.25, 0.3) is 0 Å². The Hall–Kier alpha value is -1.62. The Kier molecular flexibility index (Phi) is 8.27. The highest BCUT2D eigenvalue weighted by Crippen LogP contribution is 2.32. The highest BCUT2D eigenvalue weighted by Gasteiger charge is 2.46. The maximum atomic E-state index is 13.0. The van der Waals surface area contributed by atoms with Gasteiger partial charge in [-0.3, -0.25) is 8.98 Å². The topological polar surface area (TPSA) is 96.0 Å². The second-order valence-corrected chi connectivity index (χ2v) is 8.24. The summed E-state index contributed by atoms with van der Waals surface area (Å²) in [5.41, 5.74) is 0.261. The lowest BCUT2D eigenvalue weighted by Gasteiger charge is -2.28. The minimum absolute atomic E-state index is 0.00960. The summed E-state index contributed by atoms with van der Waals surface area (Å²) in [4.78, 5) is 23.4. The van der Waals surface area contributed by atoms with E-state index in [0.29, 0.717) is 12.8 Å². The van der Waals surface area contributed by atoms with E-state index in [1.54, 1.807) is 0 Å². The van der Waals surface area contributed by atoms with Crippen molar-refractivity contribution in [3.63, 3.8) is 0 Å². The molecule has 1 unspecified atom stereocenters. The van der Waals surface area contributed by atoms with Crippen molar-refractivity contribution in [3.05, 3.63) is 12.2 Å². The number of alkyl halides is 3. The van der Waals surface area contributed by atoms with Gasteiger partial charge in [0.15, 0.2) is 0 Å². The molecule has 156 valence electrons. The first-order valence-electron chi connectivity index (χ1n) is 8.24. The number of hydrogen-bond donors (Lipinski definition) is 0. The smallest absolute Gasteiger partial charge is 0.426 e. The van der Waals surface area contributed by atoms with Gasteiger partial charge >= 0.3 is 18.1 Å². The minimum atomic E-state index is -5.03. The highest BCUT2D eigenvalue weighted by molar-refractivity contribution is 7.86. The van der Waals surface area contributed by atoms with E-state index in [1.165, 1.54) is 6.92 Å². The molecule has 1 rings (SSSR count). The lowest BCUT2D eigenvalue weighted by atomic mass is 9.82. The minimum Gasteiger partial charge on any atom is -0.462 e. The van der Waals surface area contributed by atoms with Crippen molar-refractivity contribution >= 4 is 22.1 Å². The predicted octanol–water partition coefficient (Wildman–Crippen LogP) is 2.36. The van der Waals surface area contributed by atoms with E-state index < -0.39 is 46.0 Å². The monoisotopic (exact) mass is 416 g/mol. The summed E-state index contributed by atoms with van der Waals surface area (Å²) in [6.07, 6.45) is -6.36. The Balaban J connectivity index is 2.57. The van der Waals surface area contributed by atoms with Crippen LogP contribution in [-0.2, 0) is 33.4 Å². The molecule has 0 saturated heterocycles. The number of halogens is 3. The summed E-state index contributed by atoms with van der Waals surface area (Å²) < 4.78 is 74.9. The molecule has 0 aliphatic heterocycles. The van der Waals surface area contributed by atoms with E-state index >= 15 is 0 Å². The van der Waals surface area contributed by atoms with Gasteiger partial charge in [0.2, 0.25) is 6.10 Å². The average Bonchev–Trinajstić information content (AvgIpc) is 2.58. The Labute approximate surface area is 156 Å². The van der Waals surface area contributed by atoms with Crippen LogP contribution >= 0.6 is 0 Å². The van der Waals surface area contributed by atoms with Crippen molar-refractivity contribution in [2.45, 2.75) is 44.9 Å². The summed E-state index contributed by atoms with van der Waals surface area (Å²) >= 11 is 0. The fourth-order valence-corrected chi connectivity index (χ4v) is 3.33. The molecule has 0 aromatic carbocycles. The van der Waals surface area contributed by atoms with Crippen molar-refractivity contribution < 1.29 is 44.8 Å². The van der Waals surface area contributed by atoms with Crippen LogP contribution in [0.1, 0.15) is 32.6 Å². The normalized spacial score (nSPS) is 22.0. The van der Waals surface area contributed by atoms with Crippen LogP contribution in [0.2, 0.25) is 0 Å². The summed E-state index contributed by atoms with van der Waals surface area (Å²) in [6, 6.07) is 0. The molecule has 0 amide bonds. The van der Waals surface area contributed by atoms with E-state index in [2.05, 4.69) is 15.5 Å². The maximum absolute atomic E-state index is 13.0.